The lowest BCUT2D eigenvalue weighted by molar-refractivity contribution is -0.404. The van der Waals surface area contributed by atoms with Crippen LogP contribution in [0.1, 0.15) is 0 Å². The van der Waals surface area contributed by atoms with Gasteiger partial charge in [0.2, 0.25) is 5.88 Å². The molecule has 1 aromatic carbocycles. The molecule has 0 saturated heterocycles. The summed E-state index contributed by atoms with van der Waals surface area (Å²) in [6.07, 6.45) is 1.64. The molecule has 26 heavy (non-hydrogen) atoms. The van der Waals surface area contributed by atoms with Crippen molar-refractivity contribution in [1.29, 1.82) is 0 Å². The van der Waals surface area contributed by atoms with E-state index < -0.39 is 37.6 Å². The number of phenolic OH excluding ortho intramolecular Hbond substituents is 1. The standard InChI is InChI=1S/C7H9NO2.C6H3N3O7/c1-9-6-3-4-8-7(5-6)10-2;10-6-4(8(13)14)1-3(7(11)12)2-5(6)9(15)16/h3-5H,1-2H3;1-2,10H. The Hall–Kier alpha value is -4.03. The number of rotatable bonds is 5. The van der Waals surface area contributed by atoms with Gasteiger partial charge in [0.15, 0.2) is 0 Å². The molecule has 1 aromatic heterocycles. The van der Waals surface area contributed by atoms with Crippen LogP contribution in [-0.2, 0) is 0 Å². The Labute approximate surface area is 144 Å². The van der Waals surface area contributed by atoms with Crippen molar-refractivity contribution in [2.45, 2.75) is 0 Å². The number of nitro groups is 3. The molecule has 1 N–H and O–H groups in total. The molecular weight excluding hydrogens is 356 g/mol. The number of phenols is 1. The average Bonchev–Trinajstić information content (AvgIpc) is 2.61. The molecule has 0 radical (unpaired) electrons. The summed E-state index contributed by atoms with van der Waals surface area (Å²) in [6, 6.07) is 4.38. The second-order valence-corrected chi connectivity index (χ2v) is 4.34. The van der Waals surface area contributed by atoms with E-state index in [1.54, 1.807) is 32.5 Å². The van der Waals surface area contributed by atoms with Gasteiger partial charge in [-0.2, -0.15) is 0 Å². The SMILES string of the molecule is COc1ccnc(OC)c1.O=[N+]([O-])c1cc([N+](=O)[O-])c(O)c([N+](=O)[O-])c1. The Morgan fingerprint density at radius 1 is 0.923 bits per heavy atom. The summed E-state index contributed by atoms with van der Waals surface area (Å²) < 4.78 is 9.80. The predicted octanol–water partition coefficient (Wildman–Crippen LogP) is 2.22. The Morgan fingerprint density at radius 3 is 1.85 bits per heavy atom. The molecule has 0 unspecified atom stereocenters. The zero-order valence-corrected chi connectivity index (χ0v) is 13.4. The highest BCUT2D eigenvalue weighted by atomic mass is 16.6. The van der Waals surface area contributed by atoms with Gasteiger partial charge in [-0.15, -0.1) is 0 Å². The largest absolute Gasteiger partial charge is 0.497 e. The zero-order valence-electron chi connectivity index (χ0n) is 13.4. The van der Waals surface area contributed by atoms with Crippen molar-refractivity contribution in [3.05, 3.63) is 60.8 Å². The molecule has 0 aliphatic heterocycles. The number of aromatic nitrogens is 1. The van der Waals surface area contributed by atoms with Crippen molar-refractivity contribution in [2.75, 3.05) is 14.2 Å². The molecule has 0 aliphatic rings. The van der Waals surface area contributed by atoms with Crippen LogP contribution in [0.2, 0.25) is 0 Å². The summed E-state index contributed by atoms with van der Waals surface area (Å²) in [5, 5.41) is 40.2. The van der Waals surface area contributed by atoms with Crippen molar-refractivity contribution < 1.29 is 29.4 Å². The van der Waals surface area contributed by atoms with Crippen LogP contribution >= 0.6 is 0 Å². The molecule has 138 valence electrons. The van der Waals surface area contributed by atoms with Gasteiger partial charge in [-0.3, -0.25) is 30.3 Å². The van der Waals surface area contributed by atoms with Crippen LogP contribution in [0.15, 0.2) is 30.5 Å². The number of hydrogen-bond acceptors (Lipinski definition) is 10. The van der Waals surface area contributed by atoms with Crippen LogP contribution in [0.3, 0.4) is 0 Å². The summed E-state index contributed by atoms with van der Waals surface area (Å²) in [4.78, 5) is 31.7. The molecule has 0 bridgehead atoms. The summed E-state index contributed by atoms with van der Waals surface area (Å²) in [5.74, 6) is 0.117. The molecular formula is C13H12N4O9. The van der Waals surface area contributed by atoms with E-state index in [1.807, 2.05) is 0 Å². The Balaban J connectivity index is 0.000000289. The van der Waals surface area contributed by atoms with Gasteiger partial charge in [0.25, 0.3) is 11.4 Å². The van der Waals surface area contributed by atoms with Gasteiger partial charge in [-0.1, -0.05) is 0 Å². The maximum atomic E-state index is 10.4. The van der Waals surface area contributed by atoms with Gasteiger partial charge in [0.05, 0.1) is 41.1 Å². The highest BCUT2D eigenvalue weighted by Crippen LogP contribution is 2.38. The monoisotopic (exact) mass is 368 g/mol. The van der Waals surface area contributed by atoms with Crippen molar-refractivity contribution in [2.24, 2.45) is 0 Å². The summed E-state index contributed by atoms with van der Waals surface area (Å²) >= 11 is 0. The van der Waals surface area contributed by atoms with E-state index >= 15 is 0 Å². The molecule has 2 rings (SSSR count). The maximum Gasteiger partial charge on any atom is 0.324 e. The summed E-state index contributed by atoms with van der Waals surface area (Å²) in [7, 11) is 3.18. The second kappa shape index (κ2) is 8.72. The van der Waals surface area contributed by atoms with Crippen LogP contribution in [0.4, 0.5) is 17.1 Å². The van der Waals surface area contributed by atoms with E-state index in [9.17, 15) is 30.3 Å². The van der Waals surface area contributed by atoms with Crippen molar-refractivity contribution in [1.82, 2.24) is 4.98 Å². The fourth-order valence-electron chi connectivity index (χ4n) is 1.60. The highest BCUT2D eigenvalue weighted by Gasteiger charge is 2.30. The predicted molar refractivity (Wildman–Crippen MR) is 85.4 cm³/mol. The van der Waals surface area contributed by atoms with Crippen LogP contribution in [0.25, 0.3) is 0 Å². The number of methoxy groups -OCH3 is 2. The lowest BCUT2D eigenvalue weighted by Gasteiger charge is -2.00. The average molecular weight is 368 g/mol. The van der Waals surface area contributed by atoms with Crippen LogP contribution < -0.4 is 9.47 Å². The van der Waals surface area contributed by atoms with Crippen LogP contribution in [-0.4, -0.2) is 39.1 Å². The highest BCUT2D eigenvalue weighted by molar-refractivity contribution is 5.64. The quantitative estimate of drug-likeness (QED) is 0.606. The number of aromatic hydroxyl groups is 1. The van der Waals surface area contributed by atoms with Gasteiger partial charge < -0.3 is 14.6 Å². The molecule has 13 heteroatoms. The maximum absolute atomic E-state index is 10.4. The normalized spacial score (nSPS) is 9.46. The van der Waals surface area contributed by atoms with E-state index in [0.29, 0.717) is 18.0 Å². The number of pyridine rings is 1. The lowest BCUT2D eigenvalue weighted by atomic mass is 10.2. The Morgan fingerprint density at radius 2 is 1.46 bits per heavy atom. The van der Waals surface area contributed by atoms with Gasteiger partial charge in [0, 0.05) is 12.3 Å². The van der Waals surface area contributed by atoms with E-state index in [0.717, 1.165) is 5.75 Å². The zero-order chi connectivity index (χ0) is 19.9. The smallest absolute Gasteiger partial charge is 0.324 e. The van der Waals surface area contributed by atoms with E-state index in [-0.39, 0.29) is 0 Å². The first-order valence-electron chi connectivity index (χ1n) is 6.55. The third-order valence-electron chi connectivity index (χ3n) is 2.81. The van der Waals surface area contributed by atoms with Crippen LogP contribution in [0, 0.1) is 30.3 Å². The first-order valence-corrected chi connectivity index (χ1v) is 6.55. The van der Waals surface area contributed by atoms with E-state index in [1.165, 1.54) is 0 Å². The minimum absolute atomic E-state index is 0.447. The van der Waals surface area contributed by atoms with E-state index in [2.05, 4.69) is 4.98 Å². The Bertz CT molecular complexity index is 786. The number of hydrogen-bond donors (Lipinski definition) is 1. The molecule has 0 spiro atoms. The summed E-state index contributed by atoms with van der Waals surface area (Å²) in [6.45, 7) is 0. The third kappa shape index (κ3) is 4.98. The minimum Gasteiger partial charge on any atom is -0.497 e. The third-order valence-corrected chi connectivity index (χ3v) is 2.81. The van der Waals surface area contributed by atoms with Crippen LogP contribution in [0.5, 0.6) is 17.4 Å². The lowest BCUT2D eigenvalue weighted by Crippen LogP contribution is -1.97. The molecule has 2 aromatic rings. The van der Waals surface area contributed by atoms with Gasteiger partial charge in [-0.25, -0.2) is 4.98 Å². The molecule has 0 saturated carbocycles. The Kier molecular flexibility index (Phi) is 6.71. The molecule has 0 amide bonds. The molecule has 0 fully saturated rings. The minimum atomic E-state index is -1.21. The molecule has 0 atom stereocenters. The van der Waals surface area contributed by atoms with Crippen molar-refractivity contribution >= 4 is 17.1 Å². The molecule has 1 heterocycles. The van der Waals surface area contributed by atoms with Crippen molar-refractivity contribution in [3.8, 4) is 17.4 Å². The van der Waals surface area contributed by atoms with Gasteiger partial charge >= 0.3 is 11.4 Å². The number of ether oxygens (including phenoxy) is 2. The topological polar surface area (TPSA) is 181 Å². The van der Waals surface area contributed by atoms with Gasteiger partial charge in [0.1, 0.15) is 5.75 Å². The first kappa shape index (κ1) is 20.0. The fourth-order valence-corrected chi connectivity index (χ4v) is 1.60. The molecule has 13 nitrogen and oxygen atoms in total. The van der Waals surface area contributed by atoms with Crippen molar-refractivity contribution in [3.63, 3.8) is 0 Å². The molecule has 0 aliphatic carbocycles. The van der Waals surface area contributed by atoms with Gasteiger partial charge in [-0.05, 0) is 6.07 Å². The fraction of sp³-hybridized carbons (Fsp3) is 0.154. The first-order chi connectivity index (χ1) is 12.2. The number of benzene rings is 1. The second-order valence-electron chi connectivity index (χ2n) is 4.34. The summed E-state index contributed by atoms with van der Waals surface area (Å²) in [5.41, 5.74) is -3.00. The number of non-ortho nitro benzene ring substituents is 1. The van der Waals surface area contributed by atoms with E-state index in [4.69, 9.17) is 14.6 Å². The number of nitro benzene ring substituents is 3. The number of nitrogens with zero attached hydrogens (tertiary/aromatic N) is 4.